The van der Waals surface area contributed by atoms with Gasteiger partial charge < -0.3 is 9.50 Å². The molecule has 1 amide bonds. The van der Waals surface area contributed by atoms with Crippen molar-refractivity contribution in [1.82, 2.24) is 0 Å². The van der Waals surface area contributed by atoms with Crippen molar-refractivity contribution in [2.24, 2.45) is 0 Å². The molecule has 5 nitrogen and oxygen atoms in total. The molecule has 0 spiro atoms. The predicted molar refractivity (Wildman–Crippen MR) is 119 cm³/mol. The Kier molecular flexibility index (Phi) is 6.19. The van der Waals surface area contributed by atoms with E-state index in [1.54, 1.807) is 48.5 Å². The SMILES string of the molecule is CC(C)(C)c1ccc(S(=O)(=O)Oc2ccc(NC(=O)c3ccc(Cl)cc3)cc2)cc1. The smallest absolute Gasteiger partial charge is 0.339 e. The Labute approximate surface area is 181 Å². The minimum atomic E-state index is -3.96. The van der Waals surface area contributed by atoms with Gasteiger partial charge in [0.25, 0.3) is 5.91 Å². The minimum absolute atomic E-state index is 0.0740. The summed E-state index contributed by atoms with van der Waals surface area (Å²) < 4.78 is 30.3. The lowest BCUT2D eigenvalue weighted by atomic mass is 9.87. The first-order chi connectivity index (χ1) is 14.0. The molecule has 0 aliphatic heterocycles. The fourth-order valence-corrected chi connectivity index (χ4v) is 3.75. The molecule has 0 fully saturated rings. The Bertz CT molecular complexity index is 1130. The first-order valence-corrected chi connectivity index (χ1v) is 11.1. The third kappa shape index (κ3) is 5.40. The second kappa shape index (κ2) is 8.50. The number of nitrogens with one attached hydrogen (secondary N) is 1. The van der Waals surface area contributed by atoms with E-state index in [-0.39, 0.29) is 22.0 Å². The molecule has 0 atom stereocenters. The van der Waals surface area contributed by atoms with Crippen LogP contribution in [0.15, 0.2) is 77.7 Å². The van der Waals surface area contributed by atoms with Gasteiger partial charge in [-0.15, -0.1) is 0 Å². The van der Waals surface area contributed by atoms with Gasteiger partial charge in [-0.2, -0.15) is 8.42 Å². The molecule has 0 saturated heterocycles. The summed E-state index contributed by atoms with van der Waals surface area (Å²) in [7, 11) is -3.96. The summed E-state index contributed by atoms with van der Waals surface area (Å²) in [6, 6.07) is 19.3. The van der Waals surface area contributed by atoms with Crippen molar-refractivity contribution in [3.63, 3.8) is 0 Å². The second-order valence-electron chi connectivity index (χ2n) is 7.80. The van der Waals surface area contributed by atoms with Gasteiger partial charge >= 0.3 is 10.1 Å². The van der Waals surface area contributed by atoms with Crippen LogP contribution in [-0.4, -0.2) is 14.3 Å². The molecule has 0 radical (unpaired) electrons. The molecule has 3 aromatic carbocycles. The lowest BCUT2D eigenvalue weighted by Crippen LogP contribution is -2.13. The van der Waals surface area contributed by atoms with Crippen LogP contribution in [0.5, 0.6) is 5.75 Å². The summed E-state index contributed by atoms with van der Waals surface area (Å²) in [6.45, 7) is 6.17. The first-order valence-electron chi connectivity index (χ1n) is 9.27. The molecule has 30 heavy (non-hydrogen) atoms. The maximum atomic E-state index is 12.5. The average Bonchev–Trinajstić information content (AvgIpc) is 2.69. The highest BCUT2D eigenvalue weighted by molar-refractivity contribution is 7.87. The molecule has 7 heteroatoms. The highest BCUT2D eigenvalue weighted by Gasteiger charge is 2.19. The zero-order valence-electron chi connectivity index (χ0n) is 16.8. The van der Waals surface area contributed by atoms with E-state index in [0.29, 0.717) is 16.3 Å². The lowest BCUT2D eigenvalue weighted by Gasteiger charge is -2.19. The van der Waals surface area contributed by atoms with Gasteiger partial charge in [0.1, 0.15) is 10.6 Å². The number of rotatable bonds is 5. The first kappa shape index (κ1) is 21.9. The molecule has 0 aliphatic rings. The minimum Gasteiger partial charge on any atom is -0.379 e. The van der Waals surface area contributed by atoms with Gasteiger partial charge in [0, 0.05) is 16.3 Å². The molecular formula is C23H22ClNO4S. The van der Waals surface area contributed by atoms with Crippen LogP contribution < -0.4 is 9.50 Å². The summed E-state index contributed by atoms with van der Waals surface area (Å²) in [5, 5.41) is 3.28. The van der Waals surface area contributed by atoms with Crippen molar-refractivity contribution >= 4 is 33.3 Å². The zero-order valence-corrected chi connectivity index (χ0v) is 18.4. The topological polar surface area (TPSA) is 72.5 Å². The van der Waals surface area contributed by atoms with Crippen LogP contribution in [0.4, 0.5) is 5.69 Å². The maximum Gasteiger partial charge on any atom is 0.339 e. The largest absolute Gasteiger partial charge is 0.379 e. The van der Waals surface area contributed by atoms with E-state index in [9.17, 15) is 13.2 Å². The highest BCUT2D eigenvalue weighted by atomic mass is 35.5. The number of hydrogen-bond donors (Lipinski definition) is 1. The van der Waals surface area contributed by atoms with E-state index in [1.807, 2.05) is 0 Å². The summed E-state index contributed by atoms with van der Waals surface area (Å²) in [6.07, 6.45) is 0. The summed E-state index contributed by atoms with van der Waals surface area (Å²) in [4.78, 5) is 12.3. The number of benzene rings is 3. The van der Waals surface area contributed by atoms with Crippen LogP contribution in [0.1, 0.15) is 36.7 Å². The summed E-state index contributed by atoms with van der Waals surface area (Å²) in [5.41, 5.74) is 1.92. The molecule has 0 aliphatic carbocycles. The number of carbonyl (C=O) groups is 1. The van der Waals surface area contributed by atoms with E-state index < -0.39 is 10.1 Å². The number of halogens is 1. The average molecular weight is 444 g/mol. The van der Waals surface area contributed by atoms with E-state index in [4.69, 9.17) is 15.8 Å². The zero-order chi connectivity index (χ0) is 21.9. The standard InChI is InChI=1S/C23H22ClNO4S/c1-23(2,3)17-6-14-21(15-7-17)30(27,28)29-20-12-10-19(11-13-20)25-22(26)16-4-8-18(24)9-5-16/h4-15H,1-3H3,(H,25,26). The summed E-state index contributed by atoms with van der Waals surface area (Å²) in [5.74, 6) is -0.147. The van der Waals surface area contributed by atoms with Crippen molar-refractivity contribution in [2.45, 2.75) is 31.1 Å². The second-order valence-corrected chi connectivity index (χ2v) is 9.78. The van der Waals surface area contributed by atoms with Crippen LogP contribution in [0.25, 0.3) is 0 Å². The molecule has 156 valence electrons. The van der Waals surface area contributed by atoms with Gasteiger partial charge in [0.15, 0.2) is 0 Å². The fraction of sp³-hybridized carbons (Fsp3) is 0.174. The van der Waals surface area contributed by atoms with Crippen molar-refractivity contribution in [3.8, 4) is 5.75 Å². The van der Waals surface area contributed by atoms with E-state index in [1.165, 1.54) is 24.3 Å². The number of hydrogen-bond acceptors (Lipinski definition) is 4. The van der Waals surface area contributed by atoms with Crippen LogP contribution in [-0.2, 0) is 15.5 Å². The van der Waals surface area contributed by atoms with Crippen molar-refractivity contribution in [1.29, 1.82) is 0 Å². The molecule has 3 aromatic rings. The van der Waals surface area contributed by atoms with Crippen molar-refractivity contribution < 1.29 is 17.4 Å². The molecule has 3 rings (SSSR count). The van der Waals surface area contributed by atoms with Gasteiger partial charge in [-0.1, -0.05) is 44.5 Å². The normalized spacial score (nSPS) is 11.7. The third-order valence-corrected chi connectivity index (χ3v) is 5.95. The molecule has 0 unspecified atom stereocenters. The molecular weight excluding hydrogens is 422 g/mol. The Morgan fingerprint density at radius 2 is 1.43 bits per heavy atom. The predicted octanol–water partition coefficient (Wildman–Crippen LogP) is 5.66. The van der Waals surface area contributed by atoms with Crippen molar-refractivity contribution in [2.75, 3.05) is 5.32 Å². The summed E-state index contributed by atoms with van der Waals surface area (Å²) >= 11 is 5.82. The van der Waals surface area contributed by atoms with E-state index >= 15 is 0 Å². The molecule has 0 saturated carbocycles. The van der Waals surface area contributed by atoms with Crippen molar-refractivity contribution in [3.05, 3.63) is 88.9 Å². The maximum absolute atomic E-state index is 12.5. The molecule has 0 aromatic heterocycles. The molecule has 0 bridgehead atoms. The molecule has 1 N–H and O–H groups in total. The van der Waals surface area contributed by atoms with Gasteiger partial charge in [-0.3, -0.25) is 4.79 Å². The van der Waals surface area contributed by atoms with E-state index in [2.05, 4.69) is 26.1 Å². The van der Waals surface area contributed by atoms with Crippen LogP contribution in [0.3, 0.4) is 0 Å². The Morgan fingerprint density at radius 1 is 0.867 bits per heavy atom. The number of anilines is 1. The lowest BCUT2D eigenvalue weighted by molar-refractivity contribution is 0.102. The quantitative estimate of drug-likeness (QED) is 0.516. The van der Waals surface area contributed by atoms with Gasteiger partial charge in [-0.25, -0.2) is 0 Å². The Hall–Kier alpha value is -2.83. The Balaban J connectivity index is 1.68. The highest BCUT2D eigenvalue weighted by Crippen LogP contribution is 2.25. The number of carbonyl (C=O) groups excluding carboxylic acids is 1. The molecule has 0 heterocycles. The Morgan fingerprint density at radius 3 is 1.97 bits per heavy atom. The fourth-order valence-electron chi connectivity index (χ4n) is 2.69. The monoisotopic (exact) mass is 443 g/mol. The van der Waals surface area contributed by atoms with Gasteiger partial charge in [0.2, 0.25) is 0 Å². The van der Waals surface area contributed by atoms with Crippen LogP contribution in [0, 0.1) is 0 Å². The van der Waals surface area contributed by atoms with Crippen LogP contribution >= 0.6 is 11.6 Å². The van der Waals surface area contributed by atoms with E-state index in [0.717, 1.165) is 5.56 Å². The van der Waals surface area contributed by atoms with Gasteiger partial charge in [-0.05, 0) is 71.6 Å². The van der Waals surface area contributed by atoms with Crippen LogP contribution in [0.2, 0.25) is 5.02 Å². The number of amides is 1. The third-order valence-electron chi connectivity index (χ3n) is 4.43. The van der Waals surface area contributed by atoms with Gasteiger partial charge in [0.05, 0.1) is 0 Å².